The second-order valence-corrected chi connectivity index (χ2v) is 7.04. The number of benzene rings is 2. The molecule has 3 rings (SSSR count). The molecule has 1 unspecified atom stereocenters. The summed E-state index contributed by atoms with van der Waals surface area (Å²) in [5.41, 5.74) is -3.77. The van der Waals surface area contributed by atoms with E-state index in [9.17, 15) is 28.0 Å². The van der Waals surface area contributed by atoms with Crippen molar-refractivity contribution >= 4 is 17.6 Å². The fourth-order valence-corrected chi connectivity index (χ4v) is 3.68. The Balaban J connectivity index is 2.21. The topological polar surface area (TPSA) is 97.4 Å². The number of anilines is 1. The molecule has 10 heteroatoms. The maximum atomic E-state index is 13.7. The van der Waals surface area contributed by atoms with Crippen LogP contribution in [0.25, 0.3) is 0 Å². The smallest absolute Gasteiger partial charge is 0.374 e. The van der Waals surface area contributed by atoms with E-state index in [1.54, 1.807) is 30.3 Å². The Kier molecular flexibility index (Phi) is 6.52. The molecule has 0 aromatic heterocycles. The van der Waals surface area contributed by atoms with Crippen LogP contribution in [0.2, 0.25) is 0 Å². The predicted octanol–water partition coefficient (Wildman–Crippen LogP) is 3.97. The zero-order chi connectivity index (χ0) is 24.2. The lowest BCUT2D eigenvalue weighted by atomic mass is 9.88. The minimum absolute atomic E-state index is 0.0333. The number of hydrogen-bond donors (Lipinski definition) is 0. The van der Waals surface area contributed by atoms with Crippen LogP contribution in [0.15, 0.2) is 61.2 Å². The maximum absolute atomic E-state index is 13.7. The van der Waals surface area contributed by atoms with E-state index >= 15 is 0 Å². The number of carbonyl (C=O) groups is 2. The first-order valence-corrected chi connectivity index (χ1v) is 9.61. The molecule has 1 saturated heterocycles. The Morgan fingerprint density at radius 3 is 2.39 bits per heavy atom. The molecule has 3 amide bonds. The van der Waals surface area contributed by atoms with Gasteiger partial charge in [-0.25, -0.2) is 9.69 Å². The molecule has 0 spiro atoms. The molecule has 0 bridgehead atoms. The fraction of sp³-hybridized carbons (Fsp3) is 0.217. The highest BCUT2D eigenvalue weighted by Crippen LogP contribution is 2.42. The van der Waals surface area contributed by atoms with Crippen molar-refractivity contribution in [2.24, 2.45) is 0 Å². The largest absolute Gasteiger partial charge is 0.417 e. The normalized spacial score (nSPS) is 18.2. The molecule has 0 radical (unpaired) electrons. The Hall–Kier alpha value is -4.15. The lowest BCUT2D eigenvalue weighted by Crippen LogP contribution is -2.50. The second kappa shape index (κ2) is 9.15. The molecular weight excluding hydrogens is 437 g/mol. The summed E-state index contributed by atoms with van der Waals surface area (Å²) >= 11 is 0. The van der Waals surface area contributed by atoms with Gasteiger partial charge in [-0.15, -0.1) is 6.58 Å². The number of imide groups is 1. The number of amides is 3. The Bertz CT molecular complexity index is 1170. The number of rotatable bonds is 7. The zero-order valence-corrected chi connectivity index (χ0v) is 17.2. The summed E-state index contributed by atoms with van der Waals surface area (Å²) in [4.78, 5) is 28.6. The Morgan fingerprint density at radius 2 is 1.82 bits per heavy atom. The second-order valence-electron chi connectivity index (χ2n) is 7.04. The molecule has 0 saturated carbocycles. The number of carbonyl (C=O) groups excluding carboxylic acids is 2. The molecule has 1 heterocycles. The molecule has 0 aliphatic carbocycles. The van der Waals surface area contributed by atoms with Crippen LogP contribution in [0.1, 0.15) is 16.7 Å². The third kappa shape index (κ3) is 4.04. The lowest BCUT2D eigenvalue weighted by molar-refractivity contribution is -0.137. The van der Waals surface area contributed by atoms with E-state index in [0.29, 0.717) is 16.5 Å². The van der Waals surface area contributed by atoms with Gasteiger partial charge < -0.3 is 4.74 Å². The molecule has 1 aliphatic rings. The van der Waals surface area contributed by atoms with Gasteiger partial charge in [0.1, 0.15) is 6.54 Å². The van der Waals surface area contributed by atoms with Crippen molar-refractivity contribution in [2.45, 2.75) is 11.7 Å². The van der Waals surface area contributed by atoms with E-state index < -0.39 is 41.3 Å². The summed E-state index contributed by atoms with van der Waals surface area (Å²) in [7, 11) is 0. The van der Waals surface area contributed by atoms with Gasteiger partial charge in [0.15, 0.2) is 5.54 Å². The van der Waals surface area contributed by atoms with Crippen molar-refractivity contribution < 1.29 is 27.5 Å². The first-order chi connectivity index (χ1) is 15.7. The van der Waals surface area contributed by atoms with Crippen LogP contribution in [0.5, 0.6) is 0 Å². The molecular formula is C23H17F3N4O3. The minimum Gasteiger partial charge on any atom is -0.374 e. The first kappa shape index (κ1) is 23.5. The first-order valence-electron chi connectivity index (χ1n) is 9.61. The average molecular weight is 454 g/mol. The van der Waals surface area contributed by atoms with E-state index in [4.69, 9.17) is 10.00 Å². The van der Waals surface area contributed by atoms with Crippen molar-refractivity contribution in [2.75, 3.05) is 24.7 Å². The summed E-state index contributed by atoms with van der Waals surface area (Å²) in [6, 6.07) is 12.9. The van der Waals surface area contributed by atoms with Gasteiger partial charge in [-0.3, -0.25) is 9.69 Å². The van der Waals surface area contributed by atoms with Crippen molar-refractivity contribution in [3.8, 4) is 12.1 Å². The number of nitrogens with zero attached hydrogens (tertiary/aromatic N) is 4. The van der Waals surface area contributed by atoms with Crippen molar-refractivity contribution in [3.63, 3.8) is 0 Å². The standard InChI is InChI=1S/C23H17F3N4O3/c1-2-12-33-15-22(17-6-4-3-5-7-17)20(31)30(21(32)29(22)11-10-27)18-9-8-16(14-28)19(13-18)23(24,25)26/h2-9,13H,1,11-12,15H2. The van der Waals surface area contributed by atoms with Crippen LogP contribution in [-0.4, -0.2) is 36.6 Å². The van der Waals surface area contributed by atoms with Gasteiger partial charge in [0.05, 0.1) is 42.2 Å². The summed E-state index contributed by atoms with van der Waals surface area (Å²) < 4.78 is 46.0. The Morgan fingerprint density at radius 1 is 1.12 bits per heavy atom. The van der Waals surface area contributed by atoms with Crippen molar-refractivity contribution in [3.05, 3.63) is 77.9 Å². The molecule has 168 valence electrons. The number of ether oxygens (including phenoxy) is 1. The average Bonchev–Trinajstić information content (AvgIpc) is 3.01. The van der Waals surface area contributed by atoms with Crippen LogP contribution in [0.4, 0.5) is 23.7 Å². The van der Waals surface area contributed by atoms with Gasteiger partial charge in [0.2, 0.25) is 0 Å². The van der Waals surface area contributed by atoms with Gasteiger partial charge in [-0.1, -0.05) is 36.4 Å². The summed E-state index contributed by atoms with van der Waals surface area (Å²) in [5, 5.41) is 18.4. The van der Waals surface area contributed by atoms with E-state index in [2.05, 4.69) is 6.58 Å². The molecule has 1 fully saturated rings. The summed E-state index contributed by atoms with van der Waals surface area (Å²) in [6.45, 7) is 2.70. The van der Waals surface area contributed by atoms with Crippen molar-refractivity contribution in [1.82, 2.24) is 4.90 Å². The molecule has 7 nitrogen and oxygen atoms in total. The van der Waals surface area contributed by atoms with E-state index in [1.165, 1.54) is 12.1 Å². The minimum atomic E-state index is -4.89. The van der Waals surface area contributed by atoms with Crippen LogP contribution >= 0.6 is 0 Å². The summed E-state index contributed by atoms with van der Waals surface area (Å²) in [5.74, 6) is -0.879. The highest BCUT2D eigenvalue weighted by Gasteiger charge is 2.59. The van der Waals surface area contributed by atoms with Crippen LogP contribution < -0.4 is 4.90 Å². The van der Waals surface area contributed by atoms with Crippen LogP contribution in [0, 0.1) is 22.7 Å². The fourth-order valence-electron chi connectivity index (χ4n) is 3.68. The van der Waals surface area contributed by atoms with Crippen LogP contribution in [0.3, 0.4) is 0 Å². The highest BCUT2D eigenvalue weighted by atomic mass is 19.4. The van der Waals surface area contributed by atoms with E-state index in [1.807, 2.05) is 6.07 Å². The molecule has 2 aromatic rings. The number of alkyl halides is 3. The number of halogens is 3. The molecule has 1 atom stereocenters. The molecule has 0 N–H and O–H groups in total. The third-order valence-electron chi connectivity index (χ3n) is 5.15. The molecule has 1 aliphatic heterocycles. The highest BCUT2D eigenvalue weighted by molar-refractivity contribution is 6.23. The molecule has 2 aromatic carbocycles. The predicted molar refractivity (Wildman–Crippen MR) is 110 cm³/mol. The van der Waals surface area contributed by atoms with Crippen molar-refractivity contribution in [1.29, 1.82) is 10.5 Å². The van der Waals surface area contributed by atoms with Crippen LogP contribution in [-0.2, 0) is 21.2 Å². The van der Waals surface area contributed by atoms with Gasteiger partial charge >= 0.3 is 12.2 Å². The maximum Gasteiger partial charge on any atom is 0.417 e. The summed E-state index contributed by atoms with van der Waals surface area (Å²) in [6.07, 6.45) is -3.45. The van der Waals surface area contributed by atoms with E-state index in [0.717, 1.165) is 17.0 Å². The van der Waals surface area contributed by atoms with Gasteiger partial charge in [-0.05, 0) is 23.8 Å². The third-order valence-corrected chi connectivity index (χ3v) is 5.15. The van der Waals surface area contributed by atoms with E-state index in [-0.39, 0.29) is 18.9 Å². The number of hydrogen-bond acceptors (Lipinski definition) is 5. The zero-order valence-electron chi connectivity index (χ0n) is 17.2. The monoisotopic (exact) mass is 454 g/mol. The number of urea groups is 1. The number of nitriles is 2. The quantitative estimate of drug-likeness (QED) is 0.273. The van der Waals surface area contributed by atoms with Gasteiger partial charge in [0, 0.05) is 0 Å². The lowest BCUT2D eigenvalue weighted by Gasteiger charge is -2.33. The van der Waals surface area contributed by atoms with Gasteiger partial charge in [-0.2, -0.15) is 23.7 Å². The Labute approximate surface area is 187 Å². The SMILES string of the molecule is C=CCOCC1(c2ccccc2)C(=O)N(c2ccc(C#N)c(C(F)(F)F)c2)C(=O)N1CC#N. The molecule has 33 heavy (non-hydrogen) atoms. The van der Waals surface area contributed by atoms with Gasteiger partial charge in [0.25, 0.3) is 5.91 Å².